The third-order valence-electron chi connectivity index (χ3n) is 3.77. The number of aromatic nitrogens is 1. The second-order valence-electron chi connectivity index (χ2n) is 5.27. The average Bonchev–Trinajstić information content (AvgIpc) is 2.80. The van der Waals surface area contributed by atoms with Crippen molar-refractivity contribution in [1.29, 1.82) is 0 Å². The SMILES string of the molecule is CNC(C)(Cc1ccc(OC)cc1)c1nc(C)c(C)s1. The molecule has 1 N–H and O–H groups in total. The van der Waals surface area contributed by atoms with Crippen molar-refractivity contribution in [2.24, 2.45) is 0 Å². The summed E-state index contributed by atoms with van der Waals surface area (Å²) in [5.74, 6) is 0.890. The molecule has 0 spiro atoms. The van der Waals surface area contributed by atoms with Crippen LogP contribution in [0.5, 0.6) is 5.75 Å². The Balaban J connectivity index is 2.26. The van der Waals surface area contributed by atoms with Gasteiger partial charge in [0.25, 0.3) is 0 Å². The molecular formula is C16H22N2OS. The van der Waals surface area contributed by atoms with Crippen molar-refractivity contribution in [3.8, 4) is 5.75 Å². The molecule has 0 aliphatic heterocycles. The van der Waals surface area contributed by atoms with Crippen molar-refractivity contribution in [1.82, 2.24) is 10.3 Å². The van der Waals surface area contributed by atoms with Crippen LogP contribution in [0.3, 0.4) is 0 Å². The fourth-order valence-corrected chi connectivity index (χ4v) is 3.20. The number of benzene rings is 1. The minimum Gasteiger partial charge on any atom is -0.497 e. The first-order chi connectivity index (χ1) is 9.48. The zero-order chi connectivity index (χ0) is 14.8. The summed E-state index contributed by atoms with van der Waals surface area (Å²) in [6.45, 7) is 6.40. The molecule has 4 heteroatoms. The number of thiazole rings is 1. The molecule has 2 aromatic rings. The van der Waals surface area contributed by atoms with E-state index in [9.17, 15) is 0 Å². The number of hydrogen-bond donors (Lipinski definition) is 1. The van der Waals surface area contributed by atoms with Crippen molar-refractivity contribution in [3.05, 3.63) is 45.4 Å². The van der Waals surface area contributed by atoms with Crippen LogP contribution in [0.1, 0.15) is 28.1 Å². The quantitative estimate of drug-likeness (QED) is 0.916. The van der Waals surface area contributed by atoms with E-state index in [1.807, 2.05) is 19.2 Å². The van der Waals surface area contributed by atoms with Gasteiger partial charge in [0.2, 0.25) is 0 Å². The Kier molecular flexibility index (Phi) is 4.45. The van der Waals surface area contributed by atoms with E-state index < -0.39 is 0 Å². The predicted octanol–water partition coefficient (Wildman–Crippen LogP) is 3.45. The molecule has 0 amide bonds. The number of nitrogens with one attached hydrogen (secondary N) is 1. The topological polar surface area (TPSA) is 34.1 Å². The predicted molar refractivity (Wildman–Crippen MR) is 84.7 cm³/mol. The monoisotopic (exact) mass is 290 g/mol. The van der Waals surface area contributed by atoms with E-state index in [1.54, 1.807) is 18.4 Å². The number of nitrogens with zero attached hydrogens (tertiary/aromatic N) is 1. The lowest BCUT2D eigenvalue weighted by molar-refractivity contribution is 0.393. The van der Waals surface area contributed by atoms with Crippen molar-refractivity contribution < 1.29 is 4.74 Å². The summed E-state index contributed by atoms with van der Waals surface area (Å²) in [5, 5.41) is 4.57. The van der Waals surface area contributed by atoms with E-state index in [0.29, 0.717) is 0 Å². The first-order valence-corrected chi connectivity index (χ1v) is 7.56. The highest BCUT2D eigenvalue weighted by Gasteiger charge is 2.29. The summed E-state index contributed by atoms with van der Waals surface area (Å²) < 4.78 is 5.20. The van der Waals surface area contributed by atoms with Crippen LogP contribution >= 0.6 is 11.3 Å². The second-order valence-corrected chi connectivity index (χ2v) is 6.47. The van der Waals surface area contributed by atoms with Crippen LogP contribution in [0.4, 0.5) is 0 Å². The number of ether oxygens (including phenoxy) is 1. The molecule has 1 atom stereocenters. The average molecular weight is 290 g/mol. The van der Waals surface area contributed by atoms with Gasteiger partial charge in [0.15, 0.2) is 0 Å². The van der Waals surface area contributed by atoms with Gasteiger partial charge >= 0.3 is 0 Å². The Morgan fingerprint density at radius 3 is 2.35 bits per heavy atom. The Hall–Kier alpha value is -1.39. The van der Waals surface area contributed by atoms with Gasteiger partial charge < -0.3 is 10.1 Å². The van der Waals surface area contributed by atoms with Crippen LogP contribution in [0.25, 0.3) is 0 Å². The van der Waals surface area contributed by atoms with Crippen LogP contribution in [0, 0.1) is 13.8 Å². The lowest BCUT2D eigenvalue weighted by atomic mass is 9.93. The maximum atomic E-state index is 5.20. The largest absolute Gasteiger partial charge is 0.497 e. The zero-order valence-electron chi connectivity index (χ0n) is 12.8. The van der Waals surface area contributed by atoms with Crippen LogP contribution < -0.4 is 10.1 Å². The van der Waals surface area contributed by atoms with Gasteiger partial charge in [-0.05, 0) is 51.9 Å². The Labute approximate surface area is 125 Å². The summed E-state index contributed by atoms with van der Waals surface area (Å²) in [6.07, 6.45) is 0.903. The van der Waals surface area contributed by atoms with Crippen LogP contribution in [0.15, 0.2) is 24.3 Å². The summed E-state index contributed by atoms with van der Waals surface area (Å²) in [4.78, 5) is 6.00. The molecule has 0 radical (unpaired) electrons. The minimum absolute atomic E-state index is 0.141. The van der Waals surface area contributed by atoms with Crippen molar-refractivity contribution in [3.63, 3.8) is 0 Å². The Morgan fingerprint density at radius 2 is 1.90 bits per heavy atom. The molecule has 3 nitrogen and oxygen atoms in total. The maximum Gasteiger partial charge on any atom is 0.118 e. The third-order valence-corrected chi connectivity index (χ3v) is 5.11. The molecule has 2 rings (SSSR count). The van der Waals surface area contributed by atoms with Gasteiger partial charge in [0.1, 0.15) is 10.8 Å². The Morgan fingerprint density at radius 1 is 1.25 bits per heavy atom. The molecule has 0 aliphatic rings. The lowest BCUT2D eigenvalue weighted by Gasteiger charge is -2.27. The summed E-state index contributed by atoms with van der Waals surface area (Å²) in [7, 11) is 3.68. The molecule has 1 aromatic carbocycles. The highest BCUT2D eigenvalue weighted by Crippen LogP contribution is 2.30. The highest BCUT2D eigenvalue weighted by molar-refractivity contribution is 7.11. The van der Waals surface area contributed by atoms with Crippen molar-refractivity contribution in [2.45, 2.75) is 32.7 Å². The second kappa shape index (κ2) is 5.94. The number of likely N-dealkylation sites (N-methyl/N-ethyl adjacent to an activating group) is 1. The smallest absolute Gasteiger partial charge is 0.118 e. The van der Waals surface area contributed by atoms with E-state index in [4.69, 9.17) is 9.72 Å². The normalized spacial score (nSPS) is 14.1. The standard InChI is InChI=1S/C16H22N2OS/c1-11-12(2)20-15(18-11)16(3,17-4)10-13-6-8-14(19-5)9-7-13/h6-9,17H,10H2,1-5H3. The van der Waals surface area contributed by atoms with Gasteiger partial charge in [-0.3, -0.25) is 0 Å². The first kappa shape index (κ1) is 15.0. The van der Waals surface area contributed by atoms with Crippen LogP contribution in [0.2, 0.25) is 0 Å². The molecule has 1 heterocycles. The van der Waals surface area contributed by atoms with Crippen LogP contribution in [-0.2, 0) is 12.0 Å². The number of methoxy groups -OCH3 is 1. The molecule has 0 saturated heterocycles. The van der Waals surface area contributed by atoms with Gasteiger partial charge in [0.05, 0.1) is 18.3 Å². The fraction of sp³-hybridized carbons (Fsp3) is 0.438. The molecule has 1 unspecified atom stereocenters. The van der Waals surface area contributed by atoms with Gasteiger partial charge in [-0.25, -0.2) is 4.98 Å². The van der Waals surface area contributed by atoms with Gasteiger partial charge in [-0.15, -0.1) is 11.3 Å². The maximum absolute atomic E-state index is 5.20. The van der Waals surface area contributed by atoms with Gasteiger partial charge in [0, 0.05) is 4.88 Å². The molecule has 20 heavy (non-hydrogen) atoms. The van der Waals surface area contributed by atoms with Crippen molar-refractivity contribution in [2.75, 3.05) is 14.2 Å². The summed E-state index contributed by atoms with van der Waals surface area (Å²) in [6, 6.07) is 8.23. The van der Waals surface area contributed by atoms with Crippen LogP contribution in [-0.4, -0.2) is 19.1 Å². The molecule has 0 saturated carbocycles. The fourth-order valence-electron chi connectivity index (χ4n) is 2.13. The highest BCUT2D eigenvalue weighted by atomic mass is 32.1. The number of aryl methyl sites for hydroxylation is 2. The lowest BCUT2D eigenvalue weighted by Crippen LogP contribution is -2.38. The van der Waals surface area contributed by atoms with Gasteiger partial charge in [-0.2, -0.15) is 0 Å². The van der Waals surface area contributed by atoms with Crippen molar-refractivity contribution >= 4 is 11.3 Å². The molecule has 0 fully saturated rings. The molecule has 108 valence electrons. The summed E-state index contributed by atoms with van der Waals surface area (Å²) in [5.41, 5.74) is 2.26. The van der Waals surface area contributed by atoms with Gasteiger partial charge in [-0.1, -0.05) is 12.1 Å². The number of hydrogen-bond acceptors (Lipinski definition) is 4. The Bertz CT molecular complexity index is 557. The van der Waals surface area contributed by atoms with E-state index in [2.05, 4.69) is 38.2 Å². The first-order valence-electron chi connectivity index (χ1n) is 6.75. The number of rotatable bonds is 5. The summed E-state index contributed by atoms with van der Waals surface area (Å²) >= 11 is 1.77. The zero-order valence-corrected chi connectivity index (χ0v) is 13.6. The van der Waals surface area contributed by atoms with E-state index in [-0.39, 0.29) is 5.54 Å². The molecular weight excluding hydrogens is 268 g/mol. The molecule has 0 bridgehead atoms. The molecule has 0 aliphatic carbocycles. The van der Waals surface area contributed by atoms with E-state index in [0.717, 1.165) is 22.9 Å². The van der Waals surface area contributed by atoms with E-state index in [1.165, 1.54) is 10.4 Å². The molecule has 1 aromatic heterocycles. The van der Waals surface area contributed by atoms with E-state index >= 15 is 0 Å². The minimum atomic E-state index is -0.141. The third kappa shape index (κ3) is 3.02.